The zero-order valence-corrected chi connectivity index (χ0v) is 7.16. The minimum atomic E-state index is 0.181. The van der Waals surface area contributed by atoms with Crippen molar-refractivity contribution in [2.45, 2.75) is 26.2 Å². The molecule has 0 aromatic heterocycles. The van der Waals surface area contributed by atoms with E-state index in [9.17, 15) is 4.79 Å². The number of allylic oxidation sites excluding steroid dienone is 2. The summed E-state index contributed by atoms with van der Waals surface area (Å²) < 4.78 is 0. The number of hydrogen-bond acceptors (Lipinski definition) is 3. The van der Waals surface area contributed by atoms with E-state index in [0.29, 0.717) is 0 Å². The molecular weight excluding hydrogens is 154 g/mol. The fraction of sp³-hybridized carbons (Fsp3) is 0.556. The van der Waals surface area contributed by atoms with Crippen LogP contribution in [0.2, 0.25) is 0 Å². The summed E-state index contributed by atoms with van der Waals surface area (Å²) >= 11 is 0. The molecule has 0 radical (unpaired) electrons. The topological polar surface area (TPSA) is 49.7 Å². The molecule has 0 aromatic carbocycles. The van der Waals surface area contributed by atoms with Gasteiger partial charge >= 0.3 is 0 Å². The standard InChI is InChI=1S/C9H13NO2/c1-7(11)9-4-2-8(3-5-9)6-10-12/h2,6,9,12H,3-5H2,1H3/b10-6+. The molecule has 1 N–H and O–H groups in total. The van der Waals surface area contributed by atoms with Gasteiger partial charge in [-0.2, -0.15) is 0 Å². The highest BCUT2D eigenvalue weighted by Gasteiger charge is 2.17. The van der Waals surface area contributed by atoms with E-state index in [0.717, 1.165) is 24.8 Å². The van der Waals surface area contributed by atoms with Gasteiger partial charge in [-0.05, 0) is 31.8 Å². The lowest BCUT2D eigenvalue weighted by molar-refractivity contribution is -0.120. The van der Waals surface area contributed by atoms with Gasteiger partial charge in [0.15, 0.2) is 0 Å². The zero-order valence-electron chi connectivity index (χ0n) is 7.16. The molecule has 0 amide bonds. The Balaban J connectivity index is 2.53. The van der Waals surface area contributed by atoms with Crippen molar-refractivity contribution in [3.8, 4) is 0 Å². The van der Waals surface area contributed by atoms with Crippen molar-refractivity contribution < 1.29 is 10.0 Å². The van der Waals surface area contributed by atoms with Crippen LogP contribution in [0.1, 0.15) is 26.2 Å². The SMILES string of the molecule is CC(=O)C1CC=C(/C=N/O)CC1. The number of Topliss-reactive ketones (excluding diaryl/α,β-unsaturated/α-hetero) is 1. The van der Waals surface area contributed by atoms with Crippen LogP contribution in [-0.4, -0.2) is 17.2 Å². The second kappa shape index (κ2) is 4.04. The summed E-state index contributed by atoms with van der Waals surface area (Å²) in [6.45, 7) is 1.63. The Morgan fingerprint density at radius 1 is 1.83 bits per heavy atom. The molecule has 3 heteroatoms. The highest BCUT2D eigenvalue weighted by Crippen LogP contribution is 2.22. The predicted octanol–water partition coefficient (Wildman–Crippen LogP) is 1.76. The number of carbonyl (C=O) groups is 1. The lowest BCUT2D eigenvalue weighted by Gasteiger charge is -2.16. The molecule has 12 heavy (non-hydrogen) atoms. The smallest absolute Gasteiger partial charge is 0.133 e. The third kappa shape index (κ3) is 2.19. The highest BCUT2D eigenvalue weighted by molar-refractivity contribution is 5.81. The molecule has 1 atom stereocenters. The Bertz CT molecular complexity index is 231. The quantitative estimate of drug-likeness (QED) is 0.387. The van der Waals surface area contributed by atoms with E-state index < -0.39 is 0 Å². The van der Waals surface area contributed by atoms with E-state index in [-0.39, 0.29) is 11.7 Å². The Morgan fingerprint density at radius 3 is 3.00 bits per heavy atom. The van der Waals surface area contributed by atoms with E-state index in [4.69, 9.17) is 5.21 Å². The second-order valence-corrected chi connectivity index (χ2v) is 3.11. The molecule has 0 saturated carbocycles. The molecule has 0 bridgehead atoms. The predicted molar refractivity (Wildman–Crippen MR) is 46.4 cm³/mol. The van der Waals surface area contributed by atoms with E-state index in [1.165, 1.54) is 6.21 Å². The van der Waals surface area contributed by atoms with Gasteiger partial charge in [0.1, 0.15) is 5.78 Å². The maximum atomic E-state index is 11.0. The Labute approximate surface area is 71.8 Å². The largest absolute Gasteiger partial charge is 0.411 e. The van der Waals surface area contributed by atoms with Gasteiger partial charge in [0.25, 0.3) is 0 Å². The normalized spacial score (nSPS) is 24.1. The van der Waals surface area contributed by atoms with Crippen LogP contribution in [0.15, 0.2) is 16.8 Å². The van der Waals surface area contributed by atoms with Crippen molar-refractivity contribution in [2.24, 2.45) is 11.1 Å². The Kier molecular flexibility index (Phi) is 3.02. The van der Waals surface area contributed by atoms with Crippen molar-refractivity contribution >= 4 is 12.0 Å². The van der Waals surface area contributed by atoms with Gasteiger partial charge in [-0.1, -0.05) is 11.2 Å². The van der Waals surface area contributed by atoms with Crippen LogP contribution >= 0.6 is 0 Å². The Hall–Kier alpha value is -1.12. The van der Waals surface area contributed by atoms with Crippen LogP contribution in [0, 0.1) is 5.92 Å². The molecule has 0 aromatic rings. The van der Waals surface area contributed by atoms with Crippen molar-refractivity contribution in [3.05, 3.63) is 11.6 Å². The maximum Gasteiger partial charge on any atom is 0.133 e. The van der Waals surface area contributed by atoms with Crippen LogP contribution in [0.3, 0.4) is 0 Å². The molecule has 1 aliphatic carbocycles. The monoisotopic (exact) mass is 167 g/mol. The summed E-state index contributed by atoms with van der Waals surface area (Å²) in [6.07, 6.45) is 5.92. The number of hydrogen-bond donors (Lipinski definition) is 1. The summed E-state index contributed by atoms with van der Waals surface area (Å²) in [7, 11) is 0. The molecular formula is C9H13NO2. The van der Waals surface area contributed by atoms with Crippen LogP contribution in [0.5, 0.6) is 0 Å². The van der Waals surface area contributed by atoms with Gasteiger partial charge < -0.3 is 5.21 Å². The van der Waals surface area contributed by atoms with Crippen LogP contribution in [0.25, 0.3) is 0 Å². The first-order valence-electron chi connectivity index (χ1n) is 4.11. The van der Waals surface area contributed by atoms with Gasteiger partial charge in [-0.25, -0.2) is 0 Å². The van der Waals surface area contributed by atoms with E-state index in [1.54, 1.807) is 6.92 Å². The number of nitrogens with zero attached hydrogens (tertiary/aromatic N) is 1. The van der Waals surface area contributed by atoms with Crippen molar-refractivity contribution in [1.82, 2.24) is 0 Å². The van der Waals surface area contributed by atoms with Crippen LogP contribution < -0.4 is 0 Å². The summed E-state index contributed by atoms with van der Waals surface area (Å²) in [4.78, 5) is 11.0. The van der Waals surface area contributed by atoms with Crippen molar-refractivity contribution in [3.63, 3.8) is 0 Å². The Morgan fingerprint density at radius 2 is 2.58 bits per heavy atom. The summed E-state index contributed by atoms with van der Waals surface area (Å²) in [5.74, 6) is 0.437. The number of oxime groups is 1. The van der Waals surface area contributed by atoms with Gasteiger partial charge in [0, 0.05) is 5.92 Å². The average molecular weight is 167 g/mol. The lowest BCUT2D eigenvalue weighted by Crippen LogP contribution is -2.14. The first-order chi connectivity index (χ1) is 5.74. The van der Waals surface area contributed by atoms with Crippen molar-refractivity contribution in [1.29, 1.82) is 0 Å². The molecule has 1 rings (SSSR count). The van der Waals surface area contributed by atoms with E-state index >= 15 is 0 Å². The molecule has 0 heterocycles. The van der Waals surface area contributed by atoms with Gasteiger partial charge in [0.2, 0.25) is 0 Å². The van der Waals surface area contributed by atoms with Gasteiger partial charge in [0.05, 0.1) is 6.21 Å². The molecule has 0 saturated heterocycles. The number of rotatable bonds is 2. The second-order valence-electron chi connectivity index (χ2n) is 3.11. The summed E-state index contributed by atoms with van der Waals surface area (Å²) in [5, 5.41) is 11.2. The summed E-state index contributed by atoms with van der Waals surface area (Å²) in [6, 6.07) is 0. The molecule has 1 unspecified atom stereocenters. The molecule has 1 aliphatic rings. The molecule has 66 valence electrons. The van der Waals surface area contributed by atoms with Crippen molar-refractivity contribution in [2.75, 3.05) is 0 Å². The van der Waals surface area contributed by atoms with E-state index in [2.05, 4.69) is 5.16 Å². The van der Waals surface area contributed by atoms with Crippen LogP contribution in [-0.2, 0) is 4.79 Å². The highest BCUT2D eigenvalue weighted by atomic mass is 16.4. The number of ketones is 1. The number of carbonyl (C=O) groups excluding carboxylic acids is 1. The molecule has 0 spiro atoms. The molecule has 0 fully saturated rings. The van der Waals surface area contributed by atoms with Crippen LogP contribution in [0.4, 0.5) is 0 Å². The van der Waals surface area contributed by atoms with Gasteiger partial charge in [-0.3, -0.25) is 4.79 Å². The third-order valence-corrected chi connectivity index (χ3v) is 2.24. The minimum absolute atomic E-state index is 0.181. The van der Waals surface area contributed by atoms with E-state index in [1.807, 2.05) is 6.08 Å². The first kappa shape index (κ1) is 8.97. The third-order valence-electron chi connectivity index (χ3n) is 2.24. The summed E-state index contributed by atoms with van der Waals surface area (Å²) in [5.41, 5.74) is 1.02. The van der Waals surface area contributed by atoms with Gasteiger partial charge in [-0.15, -0.1) is 0 Å². The molecule has 3 nitrogen and oxygen atoms in total. The maximum absolute atomic E-state index is 11.0. The first-order valence-corrected chi connectivity index (χ1v) is 4.11. The molecule has 0 aliphatic heterocycles. The fourth-order valence-electron chi connectivity index (χ4n) is 1.42. The average Bonchev–Trinajstić information content (AvgIpc) is 2.06. The lowest BCUT2D eigenvalue weighted by atomic mass is 9.88. The fourth-order valence-corrected chi connectivity index (χ4v) is 1.42. The zero-order chi connectivity index (χ0) is 8.97. The minimum Gasteiger partial charge on any atom is -0.411 e.